The number of carbonyl (C=O) groups is 2. The molecule has 1 unspecified atom stereocenters. The summed E-state index contributed by atoms with van der Waals surface area (Å²) >= 11 is 0. The van der Waals surface area contributed by atoms with Gasteiger partial charge in [-0.3, -0.25) is 9.59 Å². The van der Waals surface area contributed by atoms with Crippen LogP contribution in [0.1, 0.15) is 12.8 Å². The summed E-state index contributed by atoms with van der Waals surface area (Å²) in [6.07, 6.45) is 1.19. The van der Waals surface area contributed by atoms with Gasteiger partial charge >= 0.3 is 0 Å². The maximum absolute atomic E-state index is 12.9. The highest BCUT2D eigenvalue weighted by atomic mass is 19.1. The molecule has 0 spiro atoms. The maximum Gasteiger partial charge on any atom is 0.239 e. The Morgan fingerprint density at radius 3 is 2.81 bits per heavy atom. The van der Waals surface area contributed by atoms with Crippen molar-refractivity contribution in [3.8, 4) is 0 Å². The number of nitrogens with one attached hydrogen (secondary N) is 1. The van der Waals surface area contributed by atoms with Crippen molar-refractivity contribution in [1.29, 1.82) is 0 Å². The number of anilines is 1. The molecule has 1 aliphatic rings. The van der Waals surface area contributed by atoms with Crippen LogP contribution in [0.25, 0.3) is 0 Å². The molecule has 21 heavy (non-hydrogen) atoms. The first-order valence-electron chi connectivity index (χ1n) is 6.97. The highest BCUT2D eigenvalue weighted by molar-refractivity contribution is 6.09. The summed E-state index contributed by atoms with van der Waals surface area (Å²) in [5, 5.41) is 2.74. The number of halogens is 1. The summed E-state index contributed by atoms with van der Waals surface area (Å²) in [5.74, 6) is -1.48. The molecule has 1 aromatic carbocycles. The Kier molecular flexibility index (Phi) is 5.27. The Morgan fingerprint density at radius 1 is 1.43 bits per heavy atom. The van der Waals surface area contributed by atoms with E-state index in [1.807, 2.05) is 0 Å². The van der Waals surface area contributed by atoms with E-state index in [1.165, 1.54) is 17.0 Å². The van der Waals surface area contributed by atoms with Gasteiger partial charge in [0.05, 0.1) is 0 Å². The van der Waals surface area contributed by atoms with Crippen LogP contribution < -0.4 is 10.2 Å². The summed E-state index contributed by atoms with van der Waals surface area (Å²) < 4.78 is 17.8. The monoisotopic (exact) mass is 294 g/mol. The number of carbonyl (C=O) groups excluding carboxylic acids is 2. The number of nitrogens with zero attached hydrogens (tertiary/aromatic N) is 1. The smallest absolute Gasteiger partial charge is 0.239 e. The molecule has 0 aliphatic carbocycles. The van der Waals surface area contributed by atoms with E-state index in [4.69, 9.17) is 4.74 Å². The third-order valence-corrected chi connectivity index (χ3v) is 3.48. The molecule has 1 saturated heterocycles. The fourth-order valence-corrected chi connectivity index (χ4v) is 2.35. The van der Waals surface area contributed by atoms with Crippen molar-refractivity contribution >= 4 is 17.5 Å². The Balaban J connectivity index is 1.91. The van der Waals surface area contributed by atoms with Crippen LogP contribution in [0, 0.1) is 11.7 Å². The van der Waals surface area contributed by atoms with Crippen LogP contribution in [-0.2, 0) is 14.3 Å². The topological polar surface area (TPSA) is 58.6 Å². The SMILES string of the molecule is COCCCNC(=O)C1CCN(c2ccc(F)cc2)C1=O. The number of hydrogen-bond donors (Lipinski definition) is 1. The molecule has 1 aliphatic heterocycles. The van der Waals surface area contributed by atoms with Gasteiger partial charge in [0.15, 0.2) is 0 Å². The largest absolute Gasteiger partial charge is 0.385 e. The van der Waals surface area contributed by atoms with Gasteiger partial charge in [-0.05, 0) is 37.1 Å². The van der Waals surface area contributed by atoms with Crippen molar-refractivity contribution in [3.05, 3.63) is 30.1 Å². The van der Waals surface area contributed by atoms with Crippen molar-refractivity contribution in [2.45, 2.75) is 12.8 Å². The number of benzene rings is 1. The molecular weight excluding hydrogens is 275 g/mol. The second kappa shape index (κ2) is 7.17. The highest BCUT2D eigenvalue weighted by Gasteiger charge is 2.37. The molecule has 2 amide bonds. The minimum atomic E-state index is -0.655. The van der Waals surface area contributed by atoms with Gasteiger partial charge in [0, 0.05) is 32.5 Å². The minimum Gasteiger partial charge on any atom is -0.385 e. The molecule has 0 saturated carbocycles. The molecular formula is C15H19FN2O3. The molecule has 1 atom stereocenters. The van der Waals surface area contributed by atoms with Crippen molar-refractivity contribution in [1.82, 2.24) is 5.32 Å². The molecule has 1 N–H and O–H groups in total. The zero-order valence-corrected chi connectivity index (χ0v) is 12.0. The molecule has 1 fully saturated rings. The lowest BCUT2D eigenvalue weighted by Crippen LogP contribution is -2.37. The predicted molar refractivity (Wildman–Crippen MR) is 76.4 cm³/mol. The summed E-state index contributed by atoms with van der Waals surface area (Å²) in [6, 6.07) is 5.71. The summed E-state index contributed by atoms with van der Waals surface area (Å²) in [4.78, 5) is 25.8. The number of rotatable bonds is 6. The molecule has 0 aromatic heterocycles. The van der Waals surface area contributed by atoms with E-state index in [-0.39, 0.29) is 17.6 Å². The maximum atomic E-state index is 12.9. The molecule has 6 heteroatoms. The molecule has 0 radical (unpaired) electrons. The van der Waals surface area contributed by atoms with E-state index >= 15 is 0 Å². The first kappa shape index (κ1) is 15.4. The fourth-order valence-electron chi connectivity index (χ4n) is 2.35. The van der Waals surface area contributed by atoms with Crippen LogP contribution >= 0.6 is 0 Å². The lowest BCUT2D eigenvalue weighted by molar-refractivity contribution is -0.132. The van der Waals surface area contributed by atoms with Crippen LogP contribution in [0.3, 0.4) is 0 Å². The number of hydrogen-bond acceptors (Lipinski definition) is 3. The third kappa shape index (κ3) is 3.78. The highest BCUT2D eigenvalue weighted by Crippen LogP contribution is 2.25. The Labute approximate surface area is 123 Å². The Bertz CT molecular complexity index is 504. The van der Waals surface area contributed by atoms with E-state index in [0.29, 0.717) is 38.2 Å². The summed E-state index contributed by atoms with van der Waals surface area (Å²) in [6.45, 7) is 1.54. The quantitative estimate of drug-likeness (QED) is 0.636. The standard InChI is InChI=1S/C15H19FN2O3/c1-21-10-2-8-17-14(19)13-7-9-18(15(13)20)12-5-3-11(16)4-6-12/h3-6,13H,2,7-10H2,1H3,(H,17,19). The van der Waals surface area contributed by atoms with Gasteiger partial charge < -0.3 is 15.0 Å². The second-order valence-electron chi connectivity index (χ2n) is 4.94. The Morgan fingerprint density at radius 2 is 2.14 bits per heavy atom. The fraction of sp³-hybridized carbons (Fsp3) is 0.467. The average molecular weight is 294 g/mol. The number of ether oxygens (including phenoxy) is 1. The minimum absolute atomic E-state index is 0.231. The van der Waals surface area contributed by atoms with Gasteiger partial charge in [-0.15, -0.1) is 0 Å². The molecule has 1 heterocycles. The predicted octanol–water partition coefficient (Wildman–Crippen LogP) is 1.33. The lowest BCUT2D eigenvalue weighted by Gasteiger charge is -2.16. The second-order valence-corrected chi connectivity index (χ2v) is 4.94. The van der Waals surface area contributed by atoms with Crippen molar-refractivity contribution in [2.24, 2.45) is 5.92 Å². The van der Waals surface area contributed by atoms with E-state index in [1.54, 1.807) is 19.2 Å². The zero-order chi connectivity index (χ0) is 15.2. The normalized spacial score (nSPS) is 18.1. The lowest BCUT2D eigenvalue weighted by atomic mass is 10.1. The van der Waals surface area contributed by atoms with Crippen LogP contribution in [-0.4, -0.2) is 38.6 Å². The summed E-state index contributed by atoms with van der Waals surface area (Å²) in [5.41, 5.74) is 0.621. The number of methoxy groups -OCH3 is 1. The van der Waals surface area contributed by atoms with Gasteiger partial charge in [-0.2, -0.15) is 0 Å². The molecule has 1 aromatic rings. The van der Waals surface area contributed by atoms with Crippen LogP contribution in [0.15, 0.2) is 24.3 Å². The van der Waals surface area contributed by atoms with Crippen LogP contribution in [0.5, 0.6) is 0 Å². The summed E-state index contributed by atoms with van der Waals surface area (Å²) in [7, 11) is 1.60. The molecule has 114 valence electrons. The van der Waals surface area contributed by atoms with E-state index in [9.17, 15) is 14.0 Å². The van der Waals surface area contributed by atoms with E-state index in [2.05, 4.69) is 5.32 Å². The first-order chi connectivity index (χ1) is 10.1. The molecule has 5 nitrogen and oxygen atoms in total. The van der Waals surface area contributed by atoms with Gasteiger partial charge in [-0.1, -0.05) is 0 Å². The zero-order valence-electron chi connectivity index (χ0n) is 12.0. The third-order valence-electron chi connectivity index (χ3n) is 3.48. The van der Waals surface area contributed by atoms with E-state index < -0.39 is 5.92 Å². The van der Waals surface area contributed by atoms with Crippen molar-refractivity contribution in [2.75, 3.05) is 31.7 Å². The van der Waals surface area contributed by atoms with Gasteiger partial charge in [-0.25, -0.2) is 4.39 Å². The number of amides is 2. The first-order valence-corrected chi connectivity index (χ1v) is 6.97. The van der Waals surface area contributed by atoms with Crippen molar-refractivity contribution in [3.63, 3.8) is 0 Å². The van der Waals surface area contributed by atoms with Crippen LogP contribution in [0.2, 0.25) is 0 Å². The van der Waals surface area contributed by atoms with Crippen molar-refractivity contribution < 1.29 is 18.7 Å². The van der Waals surface area contributed by atoms with Crippen LogP contribution in [0.4, 0.5) is 10.1 Å². The Hall–Kier alpha value is -1.95. The van der Waals surface area contributed by atoms with E-state index in [0.717, 1.165) is 0 Å². The van der Waals surface area contributed by atoms with Gasteiger partial charge in [0.1, 0.15) is 11.7 Å². The van der Waals surface area contributed by atoms with Gasteiger partial charge in [0.25, 0.3) is 0 Å². The molecule has 2 rings (SSSR count). The molecule has 0 bridgehead atoms. The average Bonchev–Trinajstić information content (AvgIpc) is 2.86. The van der Waals surface area contributed by atoms with Gasteiger partial charge in [0.2, 0.25) is 11.8 Å².